The summed E-state index contributed by atoms with van der Waals surface area (Å²) in [5.74, 6) is -1.77. The number of anilines is 1. The molecule has 3 aliphatic rings. The van der Waals surface area contributed by atoms with E-state index in [1.54, 1.807) is 12.4 Å². The number of rotatable bonds is 2. The highest BCUT2D eigenvalue weighted by atomic mass is 19.4. The molecule has 0 spiro atoms. The van der Waals surface area contributed by atoms with Gasteiger partial charge in [-0.2, -0.15) is 13.2 Å². The molecule has 3 atom stereocenters. The molecule has 3 saturated heterocycles. The molecule has 0 aromatic carbocycles. The van der Waals surface area contributed by atoms with Crippen LogP contribution in [-0.4, -0.2) is 101 Å². The van der Waals surface area contributed by atoms with Crippen LogP contribution in [0.4, 0.5) is 19.1 Å². The average Bonchev–Trinajstić information content (AvgIpc) is 3.02. The molecular formula is C18H24F3N5O4. The minimum Gasteiger partial charge on any atom is -0.475 e. The van der Waals surface area contributed by atoms with E-state index in [4.69, 9.17) is 14.6 Å². The van der Waals surface area contributed by atoms with E-state index in [0.29, 0.717) is 6.54 Å². The first-order chi connectivity index (χ1) is 14.1. The Kier molecular flexibility index (Phi) is 6.76. The third-order valence-electron chi connectivity index (χ3n) is 5.37. The van der Waals surface area contributed by atoms with Crippen LogP contribution in [0.25, 0.3) is 0 Å². The van der Waals surface area contributed by atoms with Gasteiger partial charge in [0.25, 0.3) is 0 Å². The van der Waals surface area contributed by atoms with Crippen molar-refractivity contribution in [2.24, 2.45) is 5.92 Å². The third-order valence-corrected chi connectivity index (χ3v) is 5.37. The van der Waals surface area contributed by atoms with Gasteiger partial charge in [0.1, 0.15) is 0 Å². The summed E-state index contributed by atoms with van der Waals surface area (Å²) >= 11 is 0. The first-order valence-corrected chi connectivity index (χ1v) is 9.60. The number of aliphatic carboxylic acids is 1. The minimum atomic E-state index is -5.08. The number of carboxylic acids is 1. The molecule has 2 bridgehead atoms. The molecule has 3 aliphatic heterocycles. The fourth-order valence-electron chi connectivity index (χ4n) is 3.80. The highest BCUT2D eigenvalue weighted by Gasteiger charge is 2.46. The Morgan fingerprint density at radius 3 is 2.30 bits per heavy atom. The lowest BCUT2D eigenvalue weighted by Gasteiger charge is -2.36. The molecule has 166 valence electrons. The Hall–Kier alpha value is -2.47. The summed E-state index contributed by atoms with van der Waals surface area (Å²) < 4.78 is 37.8. The van der Waals surface area contributed by atoms with Gasteiger partial charge in [-0.15, -0.1) is 0 Å². The van der Waals surface area contributed by atoms with Crippen LogP contribution in [0.15, 0.2) is 18.5 Å². The quantitative estimate of drug-likeness (QED) is 0.722. The number of morpholine rings is 1. The number of nitrogens with zero attached hydrogens (tertiary/aromatic N) is 5. The molecule has 4 heterocycles. The number of ether oxygens (including phenoxy) is 1. The van der Waals surface area contributed by atoms with E-state index in [9.17, 15) is 18.0 Å². The Labute approximate surface area is 171 Å². The summed E-state index contributed by atoms with van der Waals surface area (Å²) in [5, 5.41) is 7.12. The summed E-state index contributed by atoms with van der Waals surface area (Å²) in [4.78, 5) is 36.8. The van der Waals surface area contributed by atoms with Crippen molar-refractivity contribution in [1.29, 1.82) is 0 Å². The largest absolute Gasteiger partial charge is 0.490 e. The van der Waals surface area contributed by atoms with Gasteiger partial charge in [-0.05, 0) is 19.5 Å². The lowest BCUT2D eigenvalue weighted by molar-refractivity contribution is -0.192. The van der Waals surface area contributed by atoms with Crippen LogP contribution in [0.5, 0.6) is 0 Å². The fourth-order valence-corrected chi connectivity index (χ4v) is 3.80. The molecule has 1 aromatic rings. The van der Waals surface area contributed by atoms with E-state index < -0.39 is 12.1 Å². The van der Waals surface area contributed by atoms with Crippen molar-refractivity contribution < 1.29 is 32.6 Å². The van der Waals surface area contributed by atoms with E-state index in [0.717, 1.165) is 45.1 Å². The van der Waals surface area contributed by atoms with Gasteiger partial charge < -0.3 is 24.5 Å². The van der Waals surface area contributed by atoms with Gasteiger partial charge in [0, 0.05) is 51.7 Å². The van der Waals surface area contributed by atoms with Crippen molar-refractivity contribution in [3.8, 4) is 0 Å². The second kappa shape index (κ2) is 9.13. The SMILES string of the molecule is CN1CCN(C(=O)C2CC3CN(c4ncccn4)CC2O3)CC1.O=C(O)C(F)(F)F. The van der Waals surface area contributed by atoms with Gasteiger partial charge in [0.15, 0.2) is 0 Å². The fraction of sp³-hybridized carbons (Fsp3) is 0.667. The van der Waals surface area contributed by atoms with Crippen molar-refractivity contribution in [1.82, 2.24) is 19.8 Å². The molecule has 4 rings (SSSR count). The van der Waals surface area contributed by atoms with E-state index in [1.165, 1.54) is 0 Å². The van der Waals surface area contributed by atoms with Gasteiger partial charge in [-0.3, -0.25) is 4.79 Å². The van der Waals surface area contributed by atoms with E-state index in [1.807, 2.05) is 11.0 Å². The third kappa shape index (κ3) is 5.36. The minimum absolute atomic E-state index is 0.0166. The topological polar surface area (TPSA) is 99.1 Å². The Bertz CT molecular complexity index is 743. The summed E-state index contributed by atoms with van der Waals surface area (Å²) in [7, 11) is 2.10. The summed E-state index contributed by atoms with van der Waals surface area (Å²) in [6.07, 6.45) is -0.679. The number of aromatic nitrogens is 2. The predicted octanol–water partition coefficient (Wildman–Crippen LogP) is 0.478. The zero-order valence-corrected chi connectivity index (χ0v) is 16.5. The van der Waals surface area contributed by atoms with E-state index >= 15 is 0 Å². The molecule has 1 amide bonds. The highest BCUT2D eigenvalue weighted by molar-refractivity contribution is 5.80. The number of carbonyl (C=O) groups is 2. The molecule has 1 aromatic heterocycles. The number of carbonyl (C=O) groups excluding carboxylic acids is 1. The lowest BCUT2D eigenvalue weighted by Crippen LogP contribution is -2.51. The molecular weight excluding hydrogens is 407 g/mol. The van der Waals surface area contributed by atoms with Crippen LogP contribution in [0.2, 0.25) is 0 Å². The normalized spacial score (nSPS) is 26.7. The Balaban J connectivity index is 0.000000318. The maximum Gasteiger partial charge on any atom is 0.490 e. The molecule has 1 N–H and O–H groups in total. The highest BCUT2D eigenvalue weighted by Crippen LogP contribution is 2.34. The first kappa shape index (κ1) is 22.2. The number of halogens is 3. The van der Waals surface area contributed by atoms with Crippen molar-refractivity contribution in [2.75, 3.05) is 51.2 Å². The Morgan fingerprint density at radius 2 is 1.73 bits per heavy atom. The van der Waals surface area contributed by atoms with Gasteiger partial charge >= 0.3 is 12.1 Å². The first-order valence-electron chi connectivity index (χ1n) is 9.60. The molecule has 12 heteroatoms. The molecule has 3 fully saturated rings. The average molecular weight is 431 g/mol. The molecule has 3 unspecified atom stereocenters. The Morgan fingerprint density at radius 1 is 1.13 bits per heavy atom. The summed E-state index contributed by atoms with van der Waals surface area (Å²) in [6.45, 7) is 5.04. The molecule has 0 aliphatic carbocycles. The number of amides is 1. The zero-order chi connectivity index (χ0) is 21.9. The number of alkyl halides is 3. The number of carboxylic acid groups (broad SMARTS) is 1. The zero-order valence-electron chi connectivity index (χ0n) is 16.5. The smallest absolute Gasteiger partial charge is 0.475 e. The monoisotopic (exact) mass is 431 g/mol. The van der Waals surface area contributed by atoms with Crippen molar-refractivity contribution in [3.63, 3.8) is 0 Å². The van der Waals surface area contributed by atoms with Crippen LogP contribution in [0.3, 0.4) is 0 Å². The number of likely N-dealkylation sites (N-methyl/N-ethyl adjacent to an activating group) is 1. The molecule has 0 radical (unpaired) electrons. The number of hydrogen-bond acceptors (Lipinski definition) is 7. The van der Waals surface area contributed by atoms with Crippen molar-refractivity contribution in [2.45, 2.75) is 24.8 Å². The van der Waals surface area contributed by atoms with Crippen molar-refractivity contribution >= 4 is 17.8 Å². The van der Waals surface area contributed by atoms with Crippen LogP contribution in [0, 0.1) is 5.92 Å². The lowest BCUT2D eigenvalue weighted by atomic mass is 9.98. The van der Waals surface area contributed by atoms with Crippen molar-refractivity contribution in [3.05, 3.63) is 18.5 Å². The number of fused-ring (bicyclic) bond motifs is 2. The second-order valence-electron chi connectivity index (χ2n) is 7.52. The van der Waals surface area contributed by atoms with E-state index in [-0.39, 0.29) is 24.0 Å². The molecule has 9 nitrogen and oxygen atoms in total. The number of piperazine rings is 1. The van der Waals surface area contributed by atoms with Gasteiger partial charge in [0.2, 0.25) is 11.9 Å². The number of hydrogen-bond donors (Lipinski definition) is 1. The van der Waals surface area contributed by atoms with Gasteiger partial charge in [-0.25, -0.2) is 14.8 Å². The molecule has 0 saturated carbocycles. The van der Waals surface area contributed by atoms with Crippen LogP contribution in [-0.2, 0) is 14.3 Å². The van der Waals surface area contributed by atoms with Crippen LogP contribution >= 0.6 is 0 Å². The summed E-state index contributed by atoms with van der Waals surface area (Å²) in [6, 6.07) is 1.82. The maximum absolute atomic E-state index is 12.9. The standard InChI is InChI=1S/C16H23N5O2.C2HF3O2/c1-19-5-7-20(8-6-19)15(22)13-9-12-10-21(11-14(13)23-12)16-17-3-2-4-18-16;3-2(4,5)1(6)7/h2-4,12-14H,5-11H2,1H3;(H,6,7). The maximum atomic E-state index is 12.9. The van der Waals surface area contributed by atoms with E-state index in [2.05, 4.69) is 26.8 Å². The summed E-state index contributed by atoms with van der Waals surface area (Å²) in [5.41, 5.74) is 0. The van der Waals surface area contributed by atoms with Gasteiger partial charge in [0.05, 0.1) is 18.1 Å². The second-order valence-corrected chi connectivity index (χ2v) is 7.52. The van der Waals surface area contributed by atoms with Crippen LogP contribution < -0.4 is 4.90 Å². The van der Waals surface area contributed by atoms with Crippen LogP contribution in [0.1, 0.15) is 6.42 Å². The van der Waals surface area contributed by atoms with Gasteiger partial charge in [-0.1, -0.05) is 0 Å². The predicted molar refractivity (Wildman–Crippen MR) is 98.8 cm³/mol. The molecule has 30 heavy (non-hydrogen) atoms.